The number of fused-ring (bicyclic) bond motifs is 8. The molecule has 10 heteroatoms. The van der Waals surface area contributed by atoms with Crippen LogP contribution in [-0.4, -0.2) is 13.4 Å². The van der Waals surface area contributed by atoms with Crippen molar-refractivity contribution in [2.75, 3.05) is 9.80 Å². The van der Waals surface area contributed by atoms with E-state index >= 15 is 0 Å². The zero-order valence-electron chi connectivity index (χ0n) is 33.9. The Kier molecular flexibility index (Phi) is 8.87. The summed E-state index contributed by atoms with van der Waals surface area (Å²) >= 11 is 4.75. The second-order valence-electron chi connectivity index (χ2n) is 16.3. The first-order valence-corrected chi connectivity index (χ1v) is 23.3. The van der Waals surface area contributed by atoms with Crippen molar-refractivity contribution in [2.45, 2.75) is 0 Å². The number of hydrogen-bond acceptors (Lipinski definition) is 6. The fourth-order valence-corrected chi connectivity index (χ4v) is 10.8. The molecule has 0 aromatic heterocycles. The summed E-state index contributed by atoms with van der Waals surface area (Å²) in [5, 5.41) is 0. The molecule has 0 radical (unpaired) electrons. The summed E-state index contributed by atoms with van der Waals surface area (Å²) in [6, 6.07) is 67.8. The van der Waals surface area contributed by atoms with Gasteiger partial charge in [-0.25, -0.2) is 0 Å². The maximum Gasteiger partial charge on any atom is 0.260 e. The molecule has 0 unspecified atom stereocenters. The van der Waals surface area contributed by atoms with Gasteiger partial charge in [0, 0.05) is 71.1 Å². The number of para-hydroxylation sites is 4. The van der Waals surface area contributed by atoms with Crippen molar-refractivity contribution in [3.63, 3.8) is 0 Å². The number of anilines is 6. The summed E-state index contributed by atoms with van der Waals surface area (Å²) < 4.78 is 30.3. The van der Waals surface area contributed by atoms with Crippen LogP contribution in [0.4, 0.5) is 34.1 Å². The van der Waals surface area contributed by atoms with Gasteiger partial charge in [0.25, 0.3) is 13.4 Å². The lowest BCUT2D eigenvalue weighted by molar-refractivity contribution is 0.452. The van der Waals surface area contributed by atoms with Gasteiger partial charge in [0.2, 0.25) is 0 Å². The van der Waals surface area contributed by atoms with Gasteiger partial charge in [0.15, 0.2) is 0 Å². The Bertz CT molecular complexity index is 3040. The Morgan fingerprint density at radius 2 is 0.594 bits per heavy atom. The average Bonchev–Trinajstić information content (AvgIpc) is 3.32. The van der Waals surface area contributed by atoms with E-state index in [-0.39, 0.29) is 13.4 Å². The summed E-state index contributed by atoms with van der Waals surface area (Å²) in [7, 11) is 0. The highest BCUT2D eigenvalue weighted by atomic mass is 127. The van der Waals surface area contributed by atoms with Crippen LogP contribution < -0.4 is 61.5 Å². The van der Waals surface area contributed by atoms with Crippen molar-refractivity contribution >= 4 is 126 Å². The fraction of sp³-hybridized carbons (Fsp3) is 0. The molecule has 0 amide bonds. The van der Waals surface area contributed by atoms with Gasteiger partial charge in [-0.1, -0.05) is 91.0 Å². The summed E-state index contributed by atoms with van der Waals surface area (Å²) in [5.74, 6) is 6.23. The molecular weight excluding hydrogens is 1020 g/mol. The highest BCUT2D eigenvalue weighted by Crippen LogP contribution is 2.46. The number of rotatable bonds is 6. The van der Waals surface area contributed by atoms with Crippen LogP contribution in [0.25, 0.3) is 0 Å². The SMILES string of the molecule is Ic1ccc2c(c1)Oc1cc(N(c3ccccc3)c3ccccc3)cc3c1B2c1cc2c(cc1O3)Oc1cc(N(c3ccccc3)c3ccccc3)cc3c1B2c1ccc(I)cc1O3. The largest absolute Gasteiger partial charge is 0.458 e. The van der Waals surface area contributed by atoms with E-state index in [0.29, 0.717) is 0 Å². The molecule has 0 fully saturated rings. The number of ether oxygens (including phenoxy) is 4. The van der Waals surface area contributed by atoms with Crippen LogP contribution in [0.1, 0.15) is 0 Å². The predicted octanol–water partition coefficient (Wildman–Crippen LogP) is 11.3. The van der Waals surface area contributed by atoms with Crippen LogP contribution in [0.2, 0.25) is 0 Å². The van der Waals surface area contributed by atoms with Gasteiger partial charge in [-0.3, -0.25) is 0 Å². The second-order valence-corrected chi connectivity index (χ2v) is 18.8. The molecule has 0 atom stereocenters. The van der Waals surface area contributed by atoms with E-state index in [1.54, 1.807) is 0 Å². The molecule has 4 heterocycles. The minimum absolute atomic E-state index is 0.152. The summed E-state index contributed by atoms with van der Waals surface area (Å²) in [6.45, 7) is -0.305. The molecule has 0 saturated carbocycles. The molecule has 0 bridgehead atoms. The van der Waals surface area contributed by atoms with E-state index in [1.807, 2.05) is 24.3 Å². The molecular formula is C54H32B2I2N2O4. The average molecular weight is 1050 g/mol. The van der Waals surface area contributed by atoms with E-state index < -0.39 is 0 Å². The van der Waals surface area contributed by atoms with Gasteiger partial charge in [-0.05, 0) is 140 Å². The number of benzene rings is 9. The van der Waals surface area contributed by atoms with Gasteiger partial charge >= 0.3 is 0 Å². The third-order valence-corrected chi connectivity index (χ3v) is 13.9. The Hall–Kier alpha value is -6.63. The Morgan fingerprint density at radius 3 is 0.922 bits per heavy atom. The standard InChI is InChI=1S/C54H32B2I2N2O4/c57-33-21-23-41-45(25-33)61-49-27-39(59(35-13-5-1-6-14-35)36-15-7-2-8-16-36)29-51-53(49)55(41)43-31-44-48(32-47(43)63-51)64-52-30-40(60(37-17-9-3-10-18-37)38-19-11-4-12-20-38)28-50-54(52)56(44)42-24-22-34(58)26-46(42)62-50/h1-32H. The number of hydrogen-bond donors (Lipinski definition) is 0. The van der Waals surface area contributed by atoms with Crippen molar-refractivity contribution in [3.05, 3.63) is 201 Å². The zero-order chi connectivity index (χ0) is 42.5. The van der Waals surface area contributed by atoms with E-state index in [4.69, 9.17) is 18.9 Å². The Labute approximate surface area is 398 Å². The monoisotopic (exact) mass is 1050 g/mol. The lowest BCUT2D eigenvalue weighted by Gasteiger charge is -2.38. The van der Waals surface area contributed by atoms with E-state index in [9.17, 15) is 0 Å². The van der Waals surface area contributed by atoms with Crippen molar-refractivity contribution in [1.82, 2.24) is 0 Å². The molecule has 302 valence electrons. The molecule has 9 aromatic carbocycles. The van der Waals surface area contributed by atoms with Crippen LogP contribution in [0.15, 0.2) is 194 Å². The quantitative estimate of drug-likeness (QED) is 0.122. The van der Waals surface area contributed by atoms with E-state index in [0.717, 1.165) is 120 Å². The maximum atomic E-state index is 7.13. The molecule has 4 aliphatic heterocycles. The lowest BCUT2D eigenvalue weighted by Crippen LogP contribution is -2.61. The topological polar surface area (TPSA) is 43.4 Å². The molecule has 64 heavy (non-hydrogen) atoms. The lowest BCUT2D eigenvalue weighted by atomic mass is 9.31. The first-order chi connectivity index (χ1) is 31.5. The normalized spacial score (nSPS) is 13.0. The molecule has 9 aromatic rings. The number of nitrogens with zero attached hydrogens (tertiary/aromatic N) is 2. The first-order valence-electron chi connectivity index (χ1n) is 21.2. The van der Waals surface area contributed by atoms with Gasteiger partial charge in [-0.2, -0.15) is 0 Å². The molecule has 0 N–H and O–H groups in total. The zero-order valence-corrected chi connectivity index (χ0v) is 38.2. The third-order valence-electron chi connectivity index (χ3n) is 12.5. The summed E-state index contributed by atoms with van der Waals surface area (Å²) in [4.78, 5) is 4.50. The van der Waals surface area contributed by atoms with Crippen molar-refractivity contribution in [2.24, 2.45) is 0 Å². The van der Waals surface area contributed by atoms with Crippen LogP contribution in [-0.2, 0) is 0 Å². The van der Waals surface area contributed by atoms with Gasteiger partial charge in [0.05, 0.1) is 11.4 Å². The number of halogens is 2. The molecule has 6 nitrogen and oxygen atoms in total. The Morgan fingerprint density at radius 1 is 0.281 bits per heavy atom. The van der Waals surface area contributed by atoms with Gasteiger partial charge in [0.1, 0.15) is 46.0 Å². The third kappa shape index (κ3) is 6.13. The van der Waals surface area contributed by atoms with Crippen LogP contribution in [0.3, 0.4) is 0 Å². The highest BCUT2D eigenvalue weighted by Gasteiger charge is 2.46. The summed E-state index contributed by atoms with van der Waals surface area (Å²) in [6.07, 6.45) is 0. The second kappa shape index (κ2) is 15.0. The molecule has 4 aliphatic rings. The molecule has 0 aliphatic carbocycles. The minimum Gasteiger partial charge on any atom is -0.458 e. The minimum atomic E-state index is -0.152. The van der Waals surface area contributed by atoms with Crippen LogP contribution in [0, 0.1) is 7.14 Å². The van der Waals surface area contributed by atoms with E-state index in [1.165, 1.54) is 0 Å². The fourth-order valence-electron chi connectivity index (χ4n) is 9.87. The van der Waals surface area contributed by atoms with Gasteiger partial charge in [-0.15, -0.1) is 0 Å². The van der Waals surface area contributed by atoms with Crippen molar-refractivity contribution in [3.8, 4) is 46.0 Å². The predicted molar refractivity (Wildman–Crippen MR) is 277 cm³/mol. The van der Waals surface area contributed by atoms with Crippen molar-refractivity contribution < 1.29 is 18.9 Å². The van der Waals surface area contributed by atoms with E-state index in [2.05, 4.69) is 225 Å². The summed E-state index contributed by atoms with van der Waals surface area (Å²) in [5.41, 5.74) is 12.3. The molecule has 13 rings (SSSR count). The van der Waals surface area contributed by atoms with Gasteiger partial charge < -0.3 is 28.7 Å². The van der Waals surface area contributed by atoms with Crippen LogP contribution >= 0.6 is 45.2 Å². The van der Waals surface area contributed by atoms with Crippen molar-refractivity contribution in [1.29, 1.82) is 0 Å². The smallest absolute Gasteiger partial charge is 0.260 e. The molecule has 0 spiro atoms. The maximum absolute atomic E-state index is 7.13. The highest BCUT2D eigenvalue weighted by molar-refractivity contribution is 14.1. The van der Waals surface area contributed by atoms with Crippen LogP contribution in [0.5, 0.6) is 46.0 Å². The molecule has 0 saturated heterocycles. The Balaban J connectivity index is 1.01. The first kappa shape index (κ1) is 37.9.